The highest BCUT2D eigenvalue weighted by atomic mass is 16.7. The molecule has 0 radical (unpaired) electrons. The van der Waals surface area contributed by atoms with Gasteiger partial charge in [-0.05, 0) is 48.5 Å². The first-order valence-corrected chi connectivity index (χ1v) is 10.5. The van der Waals surface area contributed by atoms with Crippen LogP contribution in [0.3, 0.4) is 0 Å². The van der Waals surface area contributed by atoms with Crippen LogP contribution in [0.15, 0.2) is 48.5 Å². The number of benzene rings is 2. The van der Waals surface area contributed by atoms with Gasteiger partial charge in [-0.1, -0.05) is 0 Å². The molecule has 2 aliphatic heterocycles. The van der Waals surface area contributed by atoms with Crippen molar-refractivity contribution in [3.05, 3.63) is 59.7 Å². The Balaban J connectivity index is 1.31. The van der Waals surface area contributed by atoms with Gasteiger partial charge in [-0.3, -0.25) is 9.59 Å². The lowest BCUT2D eigenvalue weighted by Gasteiger charge is -2.17. The molecule has 4 atom stereocenters. The lowest BCUT2D eigenvalue weighted by atomic mass is 10.1. The molecule has 2 fully saturated rings. The second-order valence-electron chi connectivity index (χ2n) is 7.72. The van der Waals surface area contributed by atoms with Crippen LogP contribution >= 0.6 is 0 Å². The monoisotopic (exact) mass is 470 g/mol. The molecule has 0 amide bonds. The molecular weight excluding hydrogens is 448 g/mol. The number of ether oxygens (including phenoxy) is 6. The number of hydrogen-bond acceptors (Lipinski definition) is 10. The van der Waals surface area contributed by atoms with Crippen molar-refractivity contribution in [2.24, 2.45) is 0 Å². The van der Waals surface area contributed by atoms with Gasteiger partial charge in [0.25, 0.3) is 0 Å². The van der Waals surface area contributed by atoms with E-state index in [-0.39, 0.29) is 24.3 Å². The van der Waals surface area contributed by atoms with Gasteiger partial charge < -0.3 is 28.4 Å². The van der Waals surface area contributed by atoms with E-state index < -0.39 is 48.3 Å². The molecule has 34 heavy (non-hydrogen) atoms. The highest BCUT2D eigenvalue weighted by Gasteiger charge is 2.51. The molecule has 0 aromatic heterocycles. The molecule has 178 valence electrons. The molecule has 4 rings (SSSR count). The maximum Gasteiger partial charge on any atom is 0.338 e. The predicted molar refractivity (Wildman–Crippen MR) is 113 cm³/mol. The first-order valence-electron chi connectivity index (χ1n) is 10.5. The fourth-order valence-corrected chi connectivity index (χ4v) is 3.69. The first-order chi connectivity index (χ1) is 16.3. The first kappa shape index (κ1) is 23.4. The summed E-state index contributed by atoms with van der Waals surface area (Å²) in [5.41, 5.74) is 0.551. The predicted octanol–water partition coefficient (Wildman–Crippen LogP) is 2.09. The molecule has 2 aromatic carbocycles. The van der Waals surface area contributed by atoms with E-state index in [1.165, 1.54) is 62.4 Å². The van der Waals surface area contributed by atoms with Gasteiger partial charge in [-0.15, -0.1) is 0 Å². The SMILES string of the molecule is CC(=O)Oc1ccc(C(=O)O[C@H]2COC3C2OC[C@@H]3OC(=O)c2ccc(OC(C)=O)cc2)cc1. The molecule has 2 heterocycles. The van der Waals surface area contributed by atoms with Crippen LogP contribution in [-0.4, -0.2) is 61.5 Å². The minimum Gasteiger partial charge on any atom is -0.453 e. The van der Waals surface area contributed by atoms with Crippen molar-refractivity contribution < 1.29 is 47.6 Å². The quantitative estimate of drug-likeness (QED) is 0.458. The maximum absolute atomic E-state index is 12.5. The summed E-state index contributed by atoms with van der Waals surface area (Å²) in [6, 6.07) is 11.9. The van der Waals surface area contributed by atoms with E-state index in [1.54, 1.807) is 0 Å². The Kier molecular flexibility index (Phi) is 6.90. The highest BCUT2D eigenvalue weighted by molar-refractivity contribution is 5.90. The third kappa shape index (κ3) is 5.41. The third-order valence-corrected chi connectivity index (χ3v) is 5.18. The third-order valence-electron chi connectivity index (χ3n) is 5.18. The van der Waals surface area contributed by atoms with Crippen LogP contribution in [0.25, 0.3) is 0 Å². The van der Waals surface area contributed by atoms with E-state index in [9.17, 15) is 19.2 Å². The number of fused-ring (bicyclic) bond motifs is 1. The van der Waals surface area contributed by atoms with Gasteiger partial charge in [0, 0.05) is 13.8 Å². The topological polar surface area (TPSA) is 124 Å². The second-order valence-corrected chi connectivity index (χ2v) is 7.72. The highest BCUT2D eigenvalue weighted by Crippen LogP contribution is 2.31. The summed E-state index contributed by atoms with van der Waals surface area (Å²) >= 11 is 0. The van der Waals surface area contributed by atoms with E-state index in [0.29, 0.717) is 11.5 Å². The fourth-order valence-electron chi connectivity index (χ4n) is 3.69. The smallest absolute Gasteiger partial charge is 0.338 e. The molecule has 10 nitrogen and oxygen atoms in total. The van der Waals surface area contributed by atoms with Gasteiger partial charge in [-0.25, -0.2) is 9.59 Å². The summed E-state index contributed by atoms with van der Waals surface area (Å²) in [5.74, 6) is -1.45. The number of rotatable bonds is 6. The summed E-state index contributed by atoms with van der Waals surface area (Å²) < 4.78 is 32.4. The van der Waals surface area contributed by atoms with Gasteiger partial charge >= 0.3 is 23.9 Å². The van der Waals surface area contributed by atoms with Crippen LogP contribution in [-0.2, 0) is 28.5 Å². The zero-order valence-corrected chi connectivity index (χ0v) is 18.4. The van der Waals surface area contributed by atoms with Crippen molar-refractivity contribution in [2.45, 2.75) is 38.3 Å². The average Bonchev–Trinajstić information content (AvgIpc) is 3.37. The normalized spacial score (nSPS) is 23.0. The van der Waals surface area contributed by atoms with Gasteiger partial charge in [0.05, 0.1) is 24.3 Å². The van der Waals surface area contributed by atoms with Crippen LogP contribution in [0.4, 0.5) is 0 Å². The van der Waals surface area contributed by atoms with Gasteiger partial charge in [0.1, 0.15) is 23.7 Å². The average molecular weight is 470 g/mol. The Hall–Kier alpha value is -3.76. The second kappa shape index (κ2) is 10.0. The van der Waals surface area contributed by atoms with Crippen molar-refractivity contribution >= 4 is 23.9 Å². The fraction of sp³-hybridized carbons (Fsp3) is 0.333. The summed E-state index contributed by atoms with van der Waals surface area (Å²) in [4.78, 5) is 47.0. The number of hydrogen-bond donors (Lipinski definition) is 0. The molecular formula is C24H22O10. The van der Waals surface area contributed by atoms with Crippen LogP contribution < -0.4 is 9.47 Å². The zero-order chi connectivity index (χ0) is 24.2. The minimum absolute atomic E-state index is 0.0950. The summed E-state index contributed by atoms with van der Waals surface area (Å²) in [7, 11) is 0. The van der Waals surface area contributed by atoms with Gasteiger partial charge in [0.15, 0.2) is 12.2 Å². The molecule has 2 aliphatic rings. The van der Waals surface area contributed by atoms with Crippen LogP contribution in [0.2, 0.25) is 0 Å². The molecule has 0 saturated carbocycles. The summed E-state index contributed by atoms with van der Waals surface area (Å²) in [6.45, 7) is 2.76. The molecule has 0 aliphatic carbocycles. The Morgan fingerprint density at radius 2 is 1.00 bits per heavy atom. The van der Waals surface area contributed by atoms with Crippen molar-refractivity contribution in [3.8, 4) is 11.5 Å². The van der Waals surface area contributed by atoms with Gasteiger partial charge in [0.2, 0.25) is 0 Å². The van der Waals surface area contributed by atoms with Crippen LogP contribution in [0.1, 0.15) is 34.6 Å². The molecule has 0 bridgehead atoms. The van der Waals surface area contributed by atoms with E-state index in [1.807, 2.05) is 0 Å². The molecule has 0 spiro atoms. The molecule has 2 unspecified atom stereocenters. The Labute approximate surface area is 194 Å². The number of carbonyl (C=O) groups is 4. The maximum atomic E-state index is 12.5. The van der Waals surface area contributed by atoms with Crippen molar-refractivity contribution in [3.63, 3.8) is 0 Å². The van der Waals surface area contributed by atoms with Crippen molar-refractivity contribution in [1.82, 2.24) is 0 Å². The largest absolute Gasteiger partial charge is 0.453 e. The van der Waals surface area contributed by atoms with Gasteiger partial charge in [-0.2, -0.15) is 0 Å². The lowest BCUT2D eigenvalue weighted by molar-refractivity contribution is -0.132. The Bertz CT molecular complexity index is 988. The van der Waals surface area contributed by atoms with E-state index in [2.05, 4.69) is 0 Å². The minimum atomic E-state index is -0.669. The van der Waals surface area contributed by atoms with Crippen molar-refractivity contribution in [1.29, 1.82) is 0 Å². The number of carbonyl (C=O) groups excluding carboxylic acids is 4. The van der Waals surface area contributed by atoms with E-state index in [0.717, 1.165) is 0 Å². The lowest BCUT2D eigenvalue weighted by Crippen LogP contribution is -2.36. The Morgan fingerprint density at radius 1 is 0.647 bits per heavy atom. The van der Waals surface area contributed by atoms with E-state index in [4.69, 9.17) is 28.4 Å². The molecule has 0 N–H and O–H groups in total. The Morgan fingerprint density at radius 3 is 1.32 bits per heavy atom. The molecule has 2 aromatic rings. The molecule has 10 heteroatoms. The van der Waals surface area contributed by atoms with Crippen LogP contribution in [0, 0.1) is 0 Å². The van der Waals surface area contributed by atoms with Crippen molar-refractivity contribution in [2.75, 3.05) is 13.2 Å². The number of esters is 4. The summed E-state index contributed by atoms with van der Waals surface area (Å²) in [5, 5.41) is 0. The zero-order valence-electron chi connectivity index (χ0n) is 18.4. The summed E-state index contributed by atoms with van der Waals surface area (Å²) in [6.07, 6.45) is -2.49. The van der Waals surface area contributed by atoms with E-state index >= 15 is 0 Å². The standard InChI is InChI=1S/C24H22O10/c1-13(25)31-17-7-3-15(4-8-17)23(27)33-19-11-29-22-20(12-30-21(19)22)34-24(28)16-5-9-18(10-6-16)32-14(2)26/h3-10,19-22H,11-12H2,1-2H3/t19-,20-,21?,22?/m0/s1. The molecule has 2 saturated heterocycles. The van der Waals surface area contributed by atoms with Crippen LogP contribution in [0.5, 0.6) is 11.5 Å².